The minimum atomic E-state index is -4.56. The predicted octanol–water partition coefficient (Wildman–Crippen LogP) is 16.6. The largest absolute Gasteiger partial charge is 0.756 e. The van der Waals surface area contributed by atoms with E-state index in [2.05, 4.69) is 19.2 Å². The zero-order valence-electron chi connectivity index (χ0n) is 44.5. The number of carbonyl (C=O) groups is 1. The van der Waals surface area contributed by atoms with Crippen LogP contribution in [0.15, 0.2) is 0 Å². The number of unbranched alkanes of at least 4 members (excludes halogenated alkanes) is 41. The maximum atomic E-state index is 12.9. The number of nitrogens with zero attached hydrogens (tertiary/aromatic N) is 1. The van der Waals surface area contributed by atoms with Crippen molar-refractivity contribution in [1.82, 2.24) is 5.32 Å². The standard InChI is InChI=1S/C56H115N2O6P/c1-6-8-10-12-14-16-18-19-20-21-22-23-24-25-26-27-28-29-30-31-32-33-34-35-36-37-38-39-40-42-44-46-48-50-56(60)57-54(53-64-65(61,62)63-52-51-58(3,4)5)55(59)49-47-45-43-41-17-15-13-11-9-7-2/h54-55,59H,6-53H2,1-5H3,(H-,57,60,61,62)/t54-,55+/m0/s1. The van der Waals surface area contributed by atoms with E-state index in [4.69, 9.17) is 9.05 Å². The highest BCUT2D eigenvalue weighted by Crippen LogP contribution is 2.38. The normalized spacial score (nSPS) is 13.9. The summed E-state index contributed by atoms with van der Waals surface area (Å²) in [6.07, 6.45) is 57.4. The zero-order valence-corrected chi connectivity index (χ0v) is 45.4. The summed E-state index contributed by atoms with van der Waals surface area (Å²) >= 11 is 0. The average Bonchev–Trinajstić information content (AvgIpc) is 3.26. The molecule has 3 atom stereocenters. The predicted molar refractivity (Wildman–Crippen MR) is 279 cm³/mol. The summed E-state index contributed by atoms with van der Waals surface area (Å²) < 4.78 is 23.3. The Morgan fingerprint density at radius 3 is 1.05 bits per heavy atom. The lowest BCUT2D eigenvalue weighted by molar-refractivity contribution is -0.870. The molecule has 390 valence electrons. The van der Waals surface area contributed by atoms with Crippen LogP contribution in [0.2, 0.25) is 0 Å². The molecule has 1 amide bonds. The van der Waals surface area contributed by atoms with Gasteiger partial charge >= 0.3 is 0 Å². The second-order valence-corrected chi connectivity index (χ2v) is 22.8. The first kappa shape index (κ1) is 64.5. The van der Waals surface area contributed by atoms with Crippen molar-refractivity contribution >= 4 is 13.7 Å². The summed E-state index contributed by atoms with van der Waals surface area (Å²) in [4.78, 5) is 25.4. The molecular weight excluding hydrogens is 828 g/mol. The van der Waals surface area contributed by atoms with Gasteiger partial charge in [0.1, 0.15) is 13.2 Å². The molecule has 0 fully saturated rings. The first-order valence-electron chi connectivity index (χ1n) is 28.9. The number of nitrogens with one attached hydrogen (secondary N) is 1. The fourth-order valence-corrected chi connectivity index (χ4v) is 9.77. The molecule has 65 heavy (non-hydrogen) atoms. The van der Waals surface area contributed by atoms with Crippen LogP contribution in [0.4, 0.5) is 0 Å². The van der Waals surface area contributed by atoms with Gasteiger partial charge in [-0.25, -0.2) is 0 Å². The Labute approximate surface area is 406 Å². The molecule has 2 N–H and O–H groups in total. The molecule has 0 aromatic carbocycles. The van der Waals surface area contributed by atoms with Gasteiger partial charge in [-0.1, -0.05) is 284 Å². The number of aliphatic hydroxyl groups is 1. The van der Waals surface area contributed by atoms with Gasteiger partial charge in [-0.05, 0) is 12.8 Å². The number of likely N-dealkylation sites (N-methyl/N-ethyl adjacent to an activating group) is 1. The van der Waals surface area contributed by atoms with Gasteiger partial charge in [0, 0.05) is 6.42 Å². The lowest BCUT2D eigenvalue weighted by Crippen LogP contribution is -2.46. The number of hydrogen-bond acceptors (Lipinski definition) is 6. The molecule has 0 aliphatic rings. The summed E-state index contributed by atoms with van der Waals surface area (Å²) in [5.74, 6) is -0.159. The number of amides is 1. The maximum Gasteiger partial charge on any atom is 0.268 e. The monoisotopic (exact) mass is 943 g/mol. The molecule has 0 rings (SSSR count). The maximum absolute atomic E-state index is 12.9. The van der Waals surface area contributed by atoms with Crippen LogP contribution in [0.1, 0.15) is 303 Å². The SMILES string of the molecule is CCCCCCCCCCCCCCCCCCCCCCCCCCCCCCCCCCCC(=O)N[C@@H](COP(=O)([O-])OCC[N+](C)(C)C)[C@H](O)CCCCCCCCCCCC. The Kier molecular flexibility index (Phi) is 48.1. The van der Waals surface area contributed by atoms with Gasteiger partial charge in [0.2, 0.25) is 5.91 Å². The van der Waals surface area contributed by atoms with Gasteiger partial charge in [-0.3, -0.25) is 9.36 Å². The summed E-state index contributed by atoms with van der Waals surface area (Å²) in [7, 11) is 1.32. The Hall–Kier alpha value is -0.500. The Balaban J connectivity index is 3.85. The fourth-order valence-electron chi connectivity index (χ4n) is 9.04. The third-order valence-electron chi connectivity index (χ3n) is 13.6. The fraction of sp³-hybridized carbons (Fsp3) is 0.982. The van der Waals surface area contributed by atoms with Crippen molar-refractivity contribution < 1.29 is 32.9 Å². The van der Waals surface area contributed by atoms with Crippen molar-refractivity contribution in [2.24, 2.45) is 0 Å². The number of phosphoric acid groups is 1. The first-order chi connectivity index (χ1) is 31.5. The molecule has 0 saturated heterocycles. The van der Waals surface area contributed by atoms with Gasteiger partial charge in [-0.15, -0.1) is 0 Å². The first-order valence-corrected chi connectivity index (χ1v) is 30.3. The quantitative estimate of drug-likeness (QED) is 0.0357. The lowest BCUT2D eigenvalue weighted by atomic mass is 10.0. The molecular formula is C56H115N2O6P. The number of hydrogen-bond donors (Lipinski definition) is 2. The molecule has 0 spiro atoms. The zero-order chi connectivity index (χ0) is 47.8. The van der Waals surface area contributed by atoms with E-state index in [9.17, 15) is 19.4 Å². The van der Waals surface area contributed by atoms with Crippen molar-refractivity contribution in [3.63, 3.8) is 0 Å². The van der Waals surface area contributed by atoms with Crippen LogP contribution in [0.25, 0.3) is 0 Å². The highest BCUT2D eigenvalue weighted by molar-refractivity contribution is 7.45. The second kappa shape index (κ2) is 48.5. The van der Waals surface area contributed by atoms with Crippen LogP contribution in [-0.2, 0) is 18.4 Å². The number of carbonyl (C=O) groups excluding carboxylic acids is 1. The highest BCUT2D eigenvalue weighted by Gasteiger charge is 2.24. The van der Waals surface area contributed by atoms with Crippen LogP contribution in [0.3, 0.4) is 0 Å². The molecule has 1 unspecified atom stereocenters. The molecule has 0 aromatic heterocycles. The van der Waals surface area contributed by atoms with Gasteiger partial charge in [0.05, 0.1) is 39.9 Å². The number of aliphatic hydroxyl groups excluding tert-OH is 1. The van der Waals surface area contributed by atoms with Crippen molar-refractivity contribution in [3.05, 3.63) is 0 Å². The van der Waals surface area contributed by atoms with Gasteiger partial charge in [0.25, 0.3) is 7.82 Å². The van der Waals surface area contributed by atoms with E-state index in [0.29, 0.717) is 23.9 Å². The molecule has 0 aromatic rings. The Bertz CT molecular complexity index is 1030. The second-order valence-electron chi connectivity index (χ2n) is 21.4. The van der Waals surface area contributed by atoms with E-state index < -0.39 is 20.0 Å². The number of rotatable bonds is 54. The number of quaternary nitrogens is 1. The molecule has 9 heteroatoms. The van der Waals surface area contributed by atoms with E-state index in [-0.39, 0.29) is 19.1 Å². The minimum absolute atomic E-state index is 0.0161. The van der Waals surface area contributed by atoms with Crippen molar-refractivity contribution in [3.8, 4) is 0 Å². The summed E-state index contributed by atoms with van der Waals surface area (Å²) in [6.45, 7) is 4.74. The molecule has 0 saturated carbocycles. The Morgan fingerprint density at radius 1 is 0.477 bits per heavy atom. The summed E-state index contributed by atoms with van der Waals surface area (Å²) in [6, 6.07) is -0.793. The third-order valence-corrected chi connectivity index (χ3v) is 14.6. The Morgan fingerprint density at radius 2 is 0.754 bits per heavy atom. The number of phosphoric ester groups is 1. The minimum Gasteiger partial charge on any atom is -0.756 e. The summed E-state index contributed by atoms with van der Waals surface area (Å²) in [5.41, 5.74) is 0. The molecule has 0 radical (unpaired) electrons. The van der Waals surface area contributed by atoms with Crippen molar-refractivity contribution in [2.75, 3.05) is 40.9 Å². The third kappa shape index (κ3) is 51.2. The van der Waals surface area contributed by atoms with Gasteiger partial charge in [0.15, 0.2) is 0 Å². The van der Waals surface area contributed by atoms with E-state index in [1.54, 1.807) is 0 Å². The molecule has 0 aliphatic carbocycles. The van der Waals surface area contributed by atoms with Crippen LogP contribution in [0, 0.1) is 0 Å². The van der Waals surface area contributed by atoms with Gasteiger partial charge < -0.3 is 28.8 Å². The molecule has 0 aliphatic heterocycles. The molecule has 8 nitrogen and oxygen atoms in total. The van der Waals surface area contributed by atoms with E-state index >= 15 is 0 Å². The molecule has 0 heterocycles. The van der Waals surface area contributed by atoms with E-state index in [1.165, 1.54) is 238 Å². The van der Waals surface area contributed by atoms with Crippen LogP contribution >= 0.6 is 7.82 Å². The highest BCUT2D eigenvalue weighted by atomic mass is 31.2. The van der Waals surface area contributed by atoms with E-state index in [0.717, 1.165) is 38.5 Å². The van der Waals surface area contributed by atoms with E-state index in [1.807, 2.05) is 21.1 Å². The van der Waals surface area contributed by atoms with Crippen molar-refractivity contribution in [2.45, 2.75) is 315 Å². The smallest absolute Gasteiger partial charge is 0.268 e. The molecule has 0 bridgehead atoms. The van der Waals surface area contributed by atoms with Crippen LogP contribution in [0.5, 0.6) is 0 Å². The summed E-state index contributed by atoms with van der Waals surface area (Å²) in [5, 5.41) is 13.9. The topological polar surface area (TPSA) is 108 Å². The van der Waals surface area contributed by atoms with Crippen LogP contribution < -0.4 is 10.2 Å². The average molecular weight is 944 g/mol. The van der Waals surface area contributed by atoms with Gasteiger partial charge in [-0.2, -0.15) is 0 Å². The van der Waals surface area contributed by atoms with Crippen LogP contribution in [-0.4, -0.2) is 68.5 Å². The van der Waals surface area contributed by atoms with Crippen molar-refractivity contribution in [1.29, 1.82) is 0 Å². The lowest BCUT2D eigenvalue weighted by Gasteiger charge is -2.30.